The summed E-state index contributed by atoms with van der Waals surface area (Å²) < 4.78 is 13.7. The van der Waals surface area contributed by atoms with Gasteiger partial charge in [-0.25, -0.2) is 4.58 Å². The molecule has 0 unspecified atom stereocenters. The second-order valence-corrected chi connectivity index (χ2v) is 8.74. The van der Waals surface area contributed by atoms with Crippen LogP contribution in [-0.4, -0.2) is 66.8 Å². The molecule has 0 atom stereocenters. The zero-order valence-electron chi connectivity index (χ0n) is 20.3. The van der Waals surface area contributed by atoms with E-state index in [0.29, 0.717) is 0 Å². The second kappa shape index (κ2) is 8.23. The summed E-state index contributed by atoms with van der Waals surface area (Å²) in [6.45, 7) is 0. The molecule has 0 fully saturated rings. The monoisotopic (exact) mass is 430 g/mol. The number of anilines is 2. The van der Waals surface area contributed by atoms with Crippen molar-refractivity contribution in [3.8, 4) is 5.75 Å². The van der Waals surface area contributed by atoms with Crippen LogP contribution in [0.2, 0.25) is 0 Å². The largest absolute Gasteiger partial charge is 0.495 e. The first kappa shape index (κ1) is 21.8. The Morgan fingerprint density at radius 2 is 1.47 bits per heavy atom. The van der Waals surface area contributed by atoms with E-state index in [0.717, 1.165) is 22.9 Å². The Balaban J connectivity index is 2.03. The molecule has 0 bridgehead atoms. The molecule has 166 valence electrons. The van der Waals surface area contributed by atoms with Gasteiger partial charge < -0.3 is 19.3 Å². The fourth-order valence-electron chi connectivity index (χ4n) is 4.40. The molecule has 0 radical (unpaired) electrons. The summed E-state index contributed by atoms with van der Waals surface area (Å²) in [4.78, 5) is 4.21. The number of fused-ring (bicyclic) bond motifs is 3. The number of allylic oxidation sites excluding steroid dienone is 4. The SMILES string of the molecule is COC1=CC2=C(c3ccc(N(C)C)cc3)c3cc(OC)c(N(C)C)cc3C2=CC1=[N+](C)C. The molecule has 0 aliphatic heterocycles. The van der Waals surface area contributed by atoms with Crippen molar-refractivity contribution in [2.24, 2.45) is 0 Å². The quantitative estimate of drug-likeness (QED) is 0.662. The molecule has 0 heterocycles. The van der Waals surface area contributed by atoms with Crippen molar-refractivity contribution < 1.29 is 14.0 Å². The highest BCUT2D eigenvalue weighted by molar-refractivity contribution is 6.19. The van der Waals surface area contributed by atoms with E-state index in [1.807, 2.05) is 28.2 Å². The molecule has 0 N–H and O–H groups in total. The van der Waals surface area contributed by atoms with Crippen molar-refractivity contribution in [3.05, 3.63) is 76.6 Å². The lowest BCUT2D eigenvalue weighted by molar-refractivity contribution is -0.463. The van der Waals surface area contributed by atoms with E-state index in [4.69, 9.17) is 9.47 Å². The van der Waals surface area contributed by atoms with Crippen molar-refractivity contribution in [2.45, 2.75) is 0 Å². The fourth-order valence-corrected chi connectivity index (χ4v) is 4.40. The van der Waals surface area contributed by atoms with Gasteiger partial charge in [-0.15, -0.1) is 0 Å². The highest BCUT2D eigenvalue weighted by Crippen LogP contribution is 2.50. The lowest BCUT2D eigenvalue weighted by Gasteiger charge is -2.19. The molecule has 0 aromatic heterocycles. The normalized spacial score (nSPS) is 14.4. The van der Waals surface area contributed by atoms with E-state index in [1.165, 1.54) is 39.1 Å². The van der Waals surface area contributed by atoms with Gasteiger partial charge in [-0.2, -0.15) is 0 Å². The molecule has 2 aliphatic rings. The van der Waals surface area contributed by atoms with Crippen LogP contribution in [0.3, 0.4) is 0 Å². The number of rotatable bonds is 5. The highest BCUT2D eigenvalue weighted by atomic mass is 16.5. The average Bonchev–Trinajstić information content (AvgIpc) is 3.09. The summed E-state index contributed by atoms with van der Waals surface area (Å²) in [7, 11) is 15.8. The van der Waals surface area contributed by atoms with Crippen LogP contribution in [0.1, 0.15) is 16.7 Å². The summed E-state index contributed by atoms with van der Waals surface area (Å²) in [6.07, 6.45) is 4.40. The van der Waals surface area contributed by atoms with Crippen LogP contribution in [-0.2, 0) is 4.74 Å². The summed E-state index contributed by atoms with van der Waals surface area (Å²) in [5.41, 5.74) is 10.4. The predicted octanol–water partition coefficient (Wildman–Crippen LogP) is 4.28. The van der Waals surface area contributed by atoms with Gasteiger partial charge in [0.1, 0.15) is 19.8 Å². The summed E-state index contributed by atoms with van der Waals surface area (Å²) in [5.74, 6) is 1.73. The molecule has 5 heteroatoms. The van der Waals surface area contributed by atoms with E-state index in [-0.39, 0.29) is 0 Å². The minimum absolute atomic E-state index is 0.865. The third-order valence-electron chi connectivity index (χ3n) is 6.10. The van der Waals surface area contributed by atoms with E-state index in [9.17, 15) is 0 Å². The Hall–Kier alpha value is -3.47. The Labute approximate surface area is 191 Å². The number of benzene rings is 2. The first-order valence-electron chi connectivity index (χ1n) is 10.7. The first-order valence-corrected chi connectivity index (χ1v) is 10.7. The van der Waals surface area contributed by atoms with Gasteiger partial charge in [0.2, 0.25) is 5.71 Å². The molecule has 2 aromatic rings. The summed E-state index contributed by atoms with van der Waals surface area (Å²) in [5, 5.41) is 0. The Morgan fingerprint density at radius 3 is 2.00 bits per heavy atom. The van der Waals surface area contributed by atoms with Gasteiger partial charge in [0.25, 0.3) is 0 Å². The fraction of sp³-hybridized carbons (Fsp3) is 0.296. The van der Waals surface area contributed by atoms with Crippen molar-refractivity contribution in [1.82, 2.24) is 0 Å². The molecule has 0 amide bonds. The topological polar surface area (TPSA) is 28.0 Å². The Kier molecular flexibility index (Phi) is 5.59. The maximum absolute atomic E-state index is 5.78. The maximum Gasteiger partial charge on any atom is 0.242 e. The highest BCUT2D eigenvalue weighted by Gasteiger charge is 2.33. The van der Waals surface area contributed by atoms with Crippen LogP contribution in [0, 0.1) is 0 Å². The van der Waals surface area contributed by atoms with E-state index < -0.39 is 0 Å². The molecule has 5 nitrogen and oxygen atoms in total. The number of methoxy groups -OCH3 is 2. The van der Waals surface area contributed by atoms with Gasteiger partial charge in [0.15, 0.2) is 5.76 Å². The van der Waals surface area contributed by atoms with Crippen molar-refractivity contribution in [2.75, 3.05) is 66.3 Å². The molecular formula is C27H32N3O2+. The summed E-state index contributed by atoms with van der Waals surface area (Å²) in [6, 6.07) is 13.1. The van der Waals surface area contributed by atoms with Gasteiger partial charge in [-0.1, -0.05) is 12.1 Å². The van der Waals surface area contributed by atoms with Crippen LogP contribution < -0.4 is 14.5 Å². The van der Waals surface area contributed by atoms with Gasteiger partial charge >= 0.3 is 0 Å². The number of hydrogen-bond donors (Lipinski definition) is 0. The maximum atomic E-state index is 5.78. The lowest BCUT2D eigenvalue weighted by atomic mass is 9.93. The van der Waals surface area contributed by atoms with Crippen molar-refractivity contribution in [3.63, 3.8) is 0 Å². The van der Waals surface area contributed by atoms with Gasteiger partial charge in [0, 0.05) is 40.0 Å². The molecule has 2 aromatic carbocycles. The number of ether oxygens (including phenoxy) is 2. The average molecular weight is 431 g/mol. The Bertz CT molecular complexity index is 1190. The molecule has 0 spiro atoms. The van der Waals surface area contributed by atoms with E-state index >= 15 is 0 Å². The molecular weight excluding hydrogens is 398 g/mol. The lowest BCUT2D eigenvalue weighted by Crippen LogP contribution is -2.18. The first-order chi connectivity index (χ1) is 15.3. The van der Waals surface area contributed by atoms with Crippen LogP contribution in [0.4, 0.5) is 11.4 Å². The van der Waals surface area contributed by atoms with Gasteiger partial charge in [-0.05, 0) is 63.8 Å². The van der Waals surface area contributed by atoms with Crippen LogP contribution in [0.5, 0.6) is 5.75 Å². The van der Waals surface area contributed by atoms with Crippen LogP contribution >= 0.6 is 0 Å². The van der Waals surface area contributed by atoms with Gasteiger partial charge in [-0.3, -0.25) is 0 Å². The molecule has 2 aliphatic carbocycles. The molecule has 0 saturated carbocycles. The second-order valence-electron chi connectivity index (χ2n) is 8.74. The minimum atomic E-state index is 0.865. The molecule has 4 rings (SSSR count). The number of hydrogen-bond acceptors (Lipinski definition) is 4. The van der Waals surface area contributed by atoms with Crippen LogP contribution in [0.25, 0.3) is 11.1 Å². The Morgan fingerprint density at radius 1 is 0.781 bits per heavy atom. The minimum Gasteiger partial charge on any atom is -0.495 e. The summed E-state index contributed by atoms with van der Waals surface area (Å²) >= 11 is 0. The van der Waals surface area contributed by atoms with E-state index in [1.54, 1.807) is 14.2 Å². The van der Waals surface area contributed by atoms with Crippen molar-refractivity contribution >= 4 is 28.2 Å². The molecule has 32 heavy (non-hydrogen) atoms. The third kappa shape index (κ3) is 3.48. The van der Waals surface area contributed by atoms with E-state index in [2.05, 4.69) is 77.0 Å². The van der Waals surface area contributed by atoms with Crippen LogP contribution in [0.15, 0.2) is 59.9 Å². The van der Waals surface area contributed by atoms with Gasteiger partial charge in [0.05, 0.1) is 19.9 Å². The predicted molar refractivity (Wildman–Crippen MR) is 134 cm³/mol. The zero-order valence-corrected chi connectivity index (χ0v) is 20.3. The third-order valence-corrected chi connectivity index (χ3v) is 6.10. The zero-order chi connectivity index (χ0) is 23.2. The van der Waals surface area contributed by atoms with Crippen molar-refractivity contribution in [1.29, 1.82) is 0 Å². The standard InChI is InChI=1S/C27H32N3O2/c1-28(2)18-11-9-17(10-12-18)27-21-15-25(31-7)23(29(3)4)13-19(21)20-14-24(30(5)6)26(32-8)16-22(20)27/h9-16H,1-8H3/q+1. The number of nitrogens with zero attached hydrogens (tertiary/aromatic N) is 3. The molecule has 0 saturated heterocycles. The smallest absolute Gasteiger partial charge is 0.242 e.